The number of hydrogen-bond acceptors (Lipinski definition) is 2. The number of para-hydroxylation sites is 1. The van der Waals surface area contributed by atoms with Gasteiger partial charge >= 0.3 is 0 Å². The smallest absolute Gasteiger partial charge is 0.261 e. The van der Waals surface area contributed by atoms with Crippen LogP contribution in [0.4, 0.5) is 5.69 Å². The summed E-state index contributed by atoms with van der Waals surface area (Å²) in [7, 11) is 0. The van der Waals surface area contributed by atoms with E-state index in [1.807, 2.05) is 38.1 Å². The Morgan fingerprint density at radius 3 is 2.88 bits per heavy atom. The fraction of sp³-hybridized carbons (Fsp3) is 0.250. The second-order valence-corrected chi connectivity index (χ2v) is 4.69. The molecule has 0 saturated heterocycles. The van der Waals surface area contributed by atoms with Crippen molar-refractivity contribution in [2.24, 2.45) is 0 Å². The summed E-state index contributed by atoms with van der Waals surface area (Å²) in [6.45, 7) is 4.26. The molecule has 0 aliphatic carbocycles. The maximum absolute atomic E-state index is 11.3. The molecule has 0 amide bonds. The van der Waals surface area contributed by atoms with Gasteiger partial charge in [0.1, 0.15) is 0 Å². The summed E-state index contributed by atoms with van der Waals surface area (Å²) in [4.78, 5) is 4.34. The second-order valence-electron chi connectivity index (χ2n) is 3.79. The topological polar surface area (TPSA) is 53.4 Å². The number of aromatic nitrogens is 1. The van der Waals surface area contributed by atoms with E-state index in [9.17, 15) is 8.76 Å². The molecule has 0 radical (unpaired) electrons. The zero-order valence-corrected chi connectivity index (χ0v) is 10.6. The Morgan fingerprint density at radius 2 is 2.24 bits per heavy atom. The first-order valence-corrected chi connectivity index (χ1v) is 6.43. The first-order chi connectivity index (χ1) is 8.13. The maximum atomic E-state index is 11.3. The molecular formula is C12H14N2O2S. The van der Waals surface area contributed by atoms with Gasteiger partial charge in [-0.3, -0.25) is 13.8 Å². The van der Waals surface area contributed by atoms with Crippen LogP contribution in [0, 0.1) is 6.92 Å². The van der Waals surface area contributed by atoms with Gasteiger partial charge in [-0.05, 0) is 31.5 Å². The molecule has 2 rings (SSSR count). The molecule has 0 fully saturated rings. The number of pyridine rings is 1. The largest absolute Gasteiger partial charge is 0.289 e. The van der Waals surface area contributed by atoms with Gasteiger partial charge in [0.15, 0.2) is 0 Å². The molecule has 4 nitrogen and oxygen atoms in total. The van der Waals surface area contributed by atoms with Crippen molar-refractivity contribution in [3.8, 4) is 0 Å². The molecule has 2 aromatic rings. The van der Waals surface area contributed by atoms with Gasteiger partial charge in [0.25, 0.3) is 11.3 Å². The highest BCUT2D eigenvalue weighted by atomic mass is 32.2. The van der Waals surface area contributed by atoms with Crippen molar-refractivity contribution < 1.29 is 8.76 Å². The summed E-state index contributed by atoms with van der Waals surface area (Å²) in [5.41, 5.74) is 2.51. The minimum atomic E-state index is -2.02. The number of nitrogens with zero attached hydrogens (tertiary/aromatic N) is 2. The van der Waals surface area contributed by atoms with Gasteiger partial charge < -0.3 is 0 Å². The van der Waals surface area contributed by atoms with Crippen molar-refractivity contribution in [3.05, 3.63) is 36.0 Å². The molecule has 90 valence electrons. The van der Waals surface area contributed by atoms with E-state index in [2.05, 4.69) is 4.98 Å². The van der Waals surface area contributed by atoms with Crippen molar-refractivity contribution in [3.63, 3.8) is 0 Å². The molecule has 17 heavy (non-hydrogen) atoms. The molecular weight excluding hydrogens is 236 g/mol. The highest BCUT2D eigenvalue weighted by molar-refractivity contribution is 7.80. The lowest BCUT2D eigenvalue weighted by Gasteiger charge is -2.19. The van der Waals surface area contributed by atoms with Crippen LogP contribution in [0.3, 0.4) is 0 Å². The summed E-state index contributed by atoms with van der Waals surface area (Å²) in [5.74, 6) is 0. The summed E-state index contributed by atoms with van der Waals surface area (Å²) in [6, 6.07) is 7.64. The number of hydrogen-bond donors (Lipinski definition) is 1. The minimum absolute atomic E-state index is 0.456. The molecule has 0 bridgehead atoms. The van der Waals surface area contributed by atoms with Gasteiger partial charge in [-0.25, -0.2) is 4.21 Å². The third-order valence-electron chi connectivity index (χ3n) is 2.57. The Hall–Kier alpha value is -1.46. The maximum Gasteiger partial charge on any atom is 0.261 e. The van der Waals surface area contributed by atoms with Crippen LogP contribution in [0.2, 0.25) is 0 Å². The van der Waals surface area contributed by atoms with Crippen LogP contribution in [0.5, 0.6) is 0 Å². The molecule has 1 N–H and O–H groups in total. The molecule has 1 aromatic carbocycles. The summed E-state index contributed by atoms with van der Waals surface area (Å²) in [5, 5.41) is 0.978. The fourth-order valence-electron chi connectivity index (χ4n) is 1.82. The highest BCUT2D eigenvalue weighted by Crippen LogP contribution is 2.26. The van der Waals surface area contributed by atoms with Crippen molar-refractivity contribution in [2.45, 2.75) is 13.8 Å². The van der Waals surface area contributed by atoms with Gasteiger partial charge in [-0.1, -0.05) is 12.1 Å². The number of benzene rings is 1. The molecule has 0 aliphatic rings. The van der Waals surface area contributed by atoms with Gasteiger partial charge in [0.2, 0.25) is 0 Å². The zero-order chi connectivity index (χ0) is 12.4. The van der Waals surface area contributed by atoms with Crippen LogP contribution in [0.1, 0.15) is 12.5 Å². The van der Waals surface area contributed by atoms with Crippen LogP contribution < -0.4 is 4.31 Å². The third kappa shape index (κ3) is 2.30. The predicted molar refractivity (Wildman–Crippen MR) is 70.3 cm³/mol. The number of rotatable bonds is 3. The van der Waals surface area contributed by atoms with Crippen molar-refractivity contribution in [1.82, 2.24) is 4.98 Å². The SMILES string of the molecule is CCN(c1cccc2cc(C)cnc12)S(=O)O. The van der Waals surface area contributed by atoms with Crippen LogP contribution in [0.15, 0.2) is 30.5 Å². The second kappa shape index (κ2) is 4.81. The minimum Gasteiger partial charge on any atom is -0.289 e. The van der Waals surface area contributed by atoms with Crippen molar-refractivity contribution in [1.29, 1.82) is 0 Å². The Morgan fingerprint density at radius 1 is 1.47 bits per heavy atom. The van der Waals surface area contributed by atoms with E-state index in [4.69, 9.17) is 0 Å². The van der Waals surface area contributed by atoms with Gasteiger partial charge in [0, 0.05) is 18.1 Å². The van der Waals surface area contributed by atoms with Crippen molar-refractivity contribution >= 4 is 27.9 Å². The monoisotopic (exact) mass is 250 g/mol. The molecule has 0 spiro atoms. The van der Waals surface area contributed by atoms with E-state index in [1.165, 1.54) is 4.31 Å². The van der Waals surface area contributed by atoms with E-state index in [-0.39, 0.29) is 0 Å². The van der Waals surface area contributed by atoms with E-state index >= 15 is 0 Å². The van der Waals surface area contributed by atoms with Crippen LogP contribution in [0.25, 0.3) is 10.9 Å². The Kier molecular flexibility index (Phi) is 3.40. The fourth-order valence-corrected chi connectivity index (χ4v) is 2.36. The lowest BCUT2D eigenvalue weighted by atomic mass is 10.1. The van der Waals surface area contributed by atoms with Gasteiger partial charge in [-0.15, -0.1) is 0 Å². The summed E-state index contributed by atoms with van der Waals surface area (Å²) < 4.78 is 21.9. The predicted octanol–water partition coefficient (Wildman–Crippen LogP) is 2.51. The Balaban J connectivity index is 2.65. The molecule has 0 aliphatic heterocycles. The van der Waals surface area contributed by atoms with Crippen molar-refractivity contribution in [2.75, 3.05) is 10.8 Å². The van der Waals surface area contributed by atoms with Gasteiger partial charge in [0.05, 0.1) is 11.2 Å². The van der Waals surface area contributed by atoms with E-state index in [0.29, 0.717) is 12.2 Å². The Labute approximate surface area is 103 Å². The van der Waals surface area contributed by atoms with E-state index in [1.54, 1.807) is 6.20 Å². The standard InChI is InChI=1S/C12H14N2O2S/c1-3-14(17(15)16)11-6-4-5-10-7-9(2)8-13-12(10)11/h4-8H,3H2,1-2H3,(H,15,16). The number of fused-ring (bicyclic) bond motifs is 1. The Bertz CT molecular complexity index is 571. The zero-order valence-electron chi connectivity index (χ0n) is 9.75. The molecule has 1 heterocycles. The normalized spacial score (nSPS) is 12.6. The number of aryl methyl sites for hydroxylation is 1. The molecule has 1 unspecified atom stereocenters. The van der Waals surface area contributed by atoms with Gasteiger partial charge in [-0.2, -0.15) is 0 Å². The average Bonchev–Trinajstić information content (AvgIpc) is 2.29. The number of anilines is 1. The quantitative estimate of drug-likeness (QED) is 0.851. The third-order valence-corrected chi connectivity index (χ3v) is 3.40. The summed E-state index contributed by atoms with van der Waals surface area (Å²) >= 11 is -2.02. The molecule has 1 atom stereocenters. The first-order valence-electron chi connectivity index (χ1n) is 5.37. The van der Waals surface area contributed by atoms with Crippen LogP contribution in [-0.2, 0) is 11.3 Å². The highest BCUT2D eigenvalue weighted by Gasteiger charge is 2.13. The average molecular weight is 250 g/mol. The summed E-state index contributed by atoms with van der Waals surface area (Å²) in [6.07, 6.45) is 1.76. The lowest BCUT2D eigenvalue weighted by Crippen LogP contribution is -2.24. The van der Waals surface area contributed by atoms with Crippen LogP contribution in [-0.4, -0.2) is 20.3 Å². The van der Waals surface area contributed by atoms with E-state index < -0.39 is 11.3 Å². The van der Waals surface area contributed by atoms with E-state index in [0.717, 1.165) is 16.5 Å². The first kappa shape index (κ1) is 12.0. The molecule has 1 aromatic heterocycles. The molecule has 0 saturated carbocycles. The van der Waals surface area contributed by atoms with Crippen LogP contribution >= 0.6 is 0 Å². The lowest BCUT2D eigenvalue weighted by molar-refractivity contribution is 0.560. The molecule has 5 heteroatoms.